The van der Waals surface area contributed by atoms with Crippen LogP contribution < -0.4 is 4.74 Å². The van der Waals surface area contributed by atoms with E-state index in [-0.39, 0.29) is 0 Å². The molecule has 0 atom stereocenters. The predicted octanol–water partition coefficient (Wildman–Crippen LogP) is 5.31. The van der Waals surface area contributed by atoms with E-state index in [1.807, 2.05) is 54.9 Å². The second kappa shape index (κ2) is 6.84. The first-order valence-electron chi connectivity index (χ1n) is 7.28. The van der Waals surface area contributed by atoms with E-state index in [4.69, 9.17) is 4.74 Å². The van der Waals surface area contributed by atoms with Crippen molar-refractivity contribution in [1.82, 2.24) is 4.57 Å². The third-order valence-corrected chi connectivity index (χ3v) is 4.48. The fourth-order valence-electron chi connectivity index (χ4n) is 2.26. The van der Waals surface area contributed by atoms with Crippen LogP contribution in [0.3, 0.4) is 0 Å². The minimum absolute atomic E-state index is 0.855. The first-order chi connectivity index (χ1) is 11.2. The Morgan fingerprint density at radius 3 is 2.57 bits per heavy atom. The molecule has 0 aliphatic carbocycles. The van der Waals surface area contributed by atoms with E-state index in [0.717, 1.165) is 27.2 Å². The summed E-state index contributed by atoms with van der Waals surface area (Å²) in [6.07, 6.45) is 5.95. The van der Waals surface area contributed by atoms with Gasteiger partial charge in [0.1, 0.15) is 5.75 Å². The van der Waals surface area contributed by atoms with Crippen LogP contribution in [-0.4, -0.2) is 17.9 Å². The standard InChI is InChI=1S/C19H17BrN2O/c1-14-11-16(3-8-19(14)20)21-12-15-9-10-22(13-15)17-4-6-18(23-2)7-5-17/h3-13H,1-2H3. The molecule has 0 spiro atoms. The number of aliphatic imine (C=N–C) groups is 1. The summed E-state index contributed by atoms with van der Waals surface area (Å²) in [6.45, 7) is 2.06. The van der Waals surface area contributed by atoms with E-state index in [0.29, 0.717) is 0 Å². The zero-order valence-corrected chi connectivity index (χ0v) is 14.6. The second-order valence-electron chi connectivity index (χ2n) is 5.24. The quantitative estimate of drug-likeness (QED) is 0.573. The third kappa shape index (κ3) is 3.71. The van der Waals surface area contributed by atoms with Gasteiger partial charge in [-0.05, 0) is 61.0 Å². The molecule has 3 rings (SSSR count). The number of nitrogens with zero attached hydrogens (tertiary/aromatic N) is 2. The van der Waals surface area contributed by atoms with Crippen molar-refractivity contribution in [2.75, 3.05) is 7.11 Å². The van der Waals surface area contributed by atoms with E-state index in [2.05, 4.69) is 44.7 Å². The molecule has 1 heterocycles. The summed E-state index contributed by atoms with van der Waals surface area (Å²) in [7, 11) is 1.67. The molecule has 0 saturated heterocycles. The van der Waals surface area contributed by atoms with Gasteiger partial charge in [0.15, 0.2) is 0 Å². The highest BCUT2D eigenvalue weighted by Crippen LogP contribution is 2.22. The largest absolute Gasteiger partial charge is 0.497 e. The number of aromatic nitrogens is 1. The number of hydrogen-bond acceptors (Lipinski definition) is 2. The molecular formula is C19H17BrN2O. The highest BCUT2D eigenvalue weighted by Gasteiger charge is 1.99. The van der Waals surface area contributed by atoms with E-state index < -0.39 is 0 Å². The third-order valence-electron chi connectivity index (χ3n) is 3.59. The fraction of sp³-hybridized carbons (Fsp3) is 0.105. The van der Waals surface area contributed by atoms with Crippen molar-refractivity contribution in [3.05, 3.63) is 76.5 Å². The number of rotatable bonds is 4. The Hall–Kier alpha value is -2.33. The molecule has 1 aromatic heterocycles. The summed E-state index contributed by atoms with van der Waals surface area (Å²) in [4.78, 5) is 4.53. The van der Waals surface area contributed by atoms with Crippen molar-refractivity contribution in [3.63, 3.8) is 0 Å². The monoisotopic (exact) mass is 368 g/mol. The summed E-state index contributed by atoms with van der Waals surface area (Å²) in [5.41, 5.74) is 4.27. The van der Waals surface area contributed by atoms with Gasteiger partial charge in [0.25, 0.3) is 0 Å². The number of aryl methyl sites for hydroxylation is 1. The maximum absolute atomic E-state index is 5.18. The van der Waals surface area contributed by atoms with Crippen LogP contribution in [0.2, 0.25) is 0 Å². The average molecular weight is 369 g/mol. The van der Waals surface area contributed by atoms with Crippen LogP contribution >= 0.6 is 15.9 Å². The van der Waals surface area contributed by atoms with Crippen LogP contribution in [0.5, 0.6) is 5.75 Å². The van der Waals surface area contributed by atoms with Gasteiger partial charge in [-0.25, -0.2) is 0 Å². The Morgan fingerprint density at radius 1 is 1.09 bits per heavy atom. The predicted molar refractivity (Wildman–Crippen MR) is 98.5 cm³/mol. The van der Waals surface area contributed by atoms with Gasteiger partial charge >= 0.3 is 0 Å². The van der Waals surface area contributed by atoms with Gasteiger partial charge in [-0.1, -0.05) is 15.9 Å². The second-order valence-corrected chi connectivity index (χ2v) is 6.10. The molecule has 0 bridgehead atoms. The Labute approximate surface area is 144 Å². The number of halogens is 1. The van der Waals surface area contributed by atoms with Crippen LogP contribution in [0.4, 0.5) is 5.69 Å². The zero-order chi connectivity index (χ0) is 16.2. The summed E-state index contributed by atoms with van der Waals surface area (Å²) in [5.74, 6) is 0.855. The number of methoxy groups -OCH3 is 1. The smallest absolute Gasteiger partial charge is 0.119 e. The molecule has 2 aromatic carbocycles. The van der Waals surface area contributed by atoms with E-state index in [1.165, 1.54) is 5.56 Å². The first-order valence-corrected chi connectivity index (χ1v) is 8.07. The molecule has 23 heavy (non-hydrogen) atoms. The lowest BCUT2D eigenvalue weighted by Gasteiger charge is -2.04. The van der Waals surface area contributed by atoms with E-state index in [1.54, 1.807) is 7.11 Å². The number of hydrogen-bond donors (Lipinski definition) is 0. The summed E-state index contributed by atoms with van der Waals surface area (Å²) < 4.78 is 8.34. The van der Waals surface area contributed by atoms with Crippen molar-refractivity contribution in [3.8, 4) is 11.4 Å². The lowest BCUT2D eigenvalue weighted by Crippen LogP contribution is -1.90. The van der Waals surface area contributed by atoms with Gasteiger partial charge in [0.05, 0.1) is 12.8 Å². The van der Waals surface area contributed by atoms with Gasteiger partial charge < -0.3 is 9.30 Å². The van der Waals surface area contributed by atoms with E-state index in [9.17, 15) is 0 Å². The van der Waals surface area contributed by atoms with Gasteiger partial charge in [-0.2, -0.15) is 0 Å². The Kier molecular flexibility index (Phi) is 4.63. The van der Waals surface area contributed by atoms with Gasteiger partial charge in [0, 0.05) is 34.3 Å². The molecule has 0 unspecified atom stereocenters. The van der Waals surface area contributed by atoms with Crippen molar-refractivity contribution >= 4 is 27.8 Å². The zero-order valence-electron chi connectivity index (χ0n) is 13.0. The lowest BCUT2D eigenvalue weighted by molar-refractivity contribution is 0.415. The molecule has 0 amide bonds. The lowest BCUT2D eigenvalue weighted by atomic mass is 10.2. The van der Waals surface area contributed by atoms with Crippen LogP contribution in [0.25, 0.3) is 5.69 Å². The molecule has 0 aliphatic heterocycles. The molecule has 0 N–H and O–H groups in total. The average Bonchev–Trinajstić information content (AvgIpc) is 3.05. The fourth-order valence-corrected chi connectivity index (χ4v) is 2.51. The highest BCUT2D eigenvalue weighted by molar-refractivity contribution is 9.10. The molecule has 0 radical (unpaired) electrons. The maximum atomic E-state index is 5.18. The molecule has 3 nitrogen and oxygen atoms in total. The summed E-state index contributed by atoms with van der Waals surface area (Å²) >= 11 is 3.50. The Morgan fingerprint density at radius 2 is 1.87 bits per heavy atom. The number of benzene rings is 2. The Balaban J connectivity index is 1.78. The highest BCUT2D eigenvalue weighted by atomic mass is 79.9. The SMILES string of the molecule is COc1ccc(-n2ccc(C=Nc3ccc(Br)c(C)c3)c2)cc1. The van der Waals surface area contributed by atoms with Crippen molar-refractivity contribution in [2.24, 2.45) is 4.99 Å². The molecule has 3 aromatic rings. The van der Waals surface area contributed by atoms with Crippen molar-refractivity contribution < 1.29 is 4.74 Å². The van der Waals surface area contributed by atoms with Crippen LogP contribution in [0, 0.1) is 6.92 Å². The maximum Gasteiger partial charge on any atom is 0.119 e. The van der Waals surface area contributed by atoms with E-state index >= 15 is 0 Å². The topological polar surface area (TPSA) is 26.5 Å². The van der Waals surface area contributed by atoms with Gasteiger partial charge in [-0.3, -0.25) is 4.99 Å². The summed E-state index contributed by atoms with van der Waals surface area (Å²) in [6, 6.07) is 16.1. The Bertz CT molecular complexity index is 835. The normalized spacial score (nSPS) is 11.1. The van der Waals surface area contributed by atoms with Crippen molar-refractivity contribution in [2.45, 2.75) is 6.92 Å². The van der Waals surface area contributed by atoms with Crippen LogP contribution in [-0.2, 0) is 0 Å². The minimum Gasteiger partial charge on any atom is -0.497 e. The number of ether oxygens (including phenoxy) is 1. The summed E-state index contributed by atoms with van der Waals surface area (Å²) in [5, 5.41) is 0. The van der Waals surface area contributed by atoms with Gasteiger partial charge in [0.2, 0.25) is 0 Å². The minimum atomic E-state index is 0.855. The van der Waals surface area contributed by atoms with Crippen molar-refractivity contribution in [1.29, 1.82) is 0 Å². The molecule has 0 saturated carbocycles. The van der Waals surface area contributed by atoms with Gasteiger partial charge in [-0.15, -0.1) is 0 Å². The molecule has 4 heteroatoms. The molecule has 0 aliphatic rings. The molecule has 116 valence electrons. The molecular weight excluding hydrogens is 352 g/mol. The van der Waals surface area contributed by atoms with Crippen LogP contribution in [0.1, 0.15) is 11.1 Å². The van der Waals surface area contributed by atoms with Crippen LogP contribution in [0.15, 0.2) is 70.4 Å². The first kappa shape index (κ1) is 15.6. The molecule has 0 fully saturated rings.